The van der Waals surface area contributed by atoms with Crippen molar-refractivity contribution in [1.29, 1.82) is 0 Å². The van der Waals surface area contributed by atoms with Crippen molar-refractivity contribution in [3.05, 3.63) is 47.7 Å². The van der Waals surface area contributed by atoms with Gasteiger partial charge in [-0.2, -0.15) is 10.2 Å². The number of fused-ring (bicyclic) bond motifs is 1. The van der Waals surface area contributed by atoms with Crippen LogP contribution < -0.4 is 10.6 Å². The third-order valence-corrected chi connectivity index (χ3v) is 6.35. The molecule has 2 saturated carbocycles. The van der Waals surface area contributed by atoms with Gasteiger partial charge in [0, 0.05) is 45.2 Å². The summed E-state index contributed by atoms with van der Waals surface area (Å²) in [5, 5.41) is 14.0. The van der Waals surface area contributed by atoms with Crippen LogP contribution in [-0.2, 0) is 22.6 Å². The fourth-order valence-corrected chi connectivity index (χ4v) is 3.78. The number of nitrogens with zero attached hydrogens (tertiary/aromatic N) is 5. The molecule has 2 N–H and O–H groups in total. The lowest BCUT2D eigenvalue weighted by atomic mass is 9.79. The van der Waals surface area contributed by atoms with Crippen LogP contribution in [0.25, 0.3) is 5.65 Å². The third kappa shape index (κ3) is 10.8. The minimum atomic E-state index is -2.62. The molecule has 5 rings (SSSR count). The first-order chi connectivity index (χ1) is 19.3. The monoisotopic (exact) mass is 575 g/mol. The van der Waals surface area contributed by atoms with Crippen molar-refractivity contribution in [3.63, 3.8) is 0 Å². The molecule has 10 nitrogen and oxygen atoms in total. The van der Waals surface area contributed by atoms with E-state index in [1.54, 1.807) is 47.0 Å². The van der Waals surface area contributed by atoms with Crippen LogP contribution in [0, 0.1) is 5.92 Å². The van der Waals surface area contributed by atoms with Crippen molar-refractivity contribution in [3.8, 4) is 0 Å². The summed E-state index contributed by atoms with van der Waals surface area (Å²) in [6.45, 7) is 10.4. The Morgan fingerprint density at radius 2 is 1.78 bits per heavy atom. The zero-order valence-corrected chi connectivity index (χ0v) is 24.9. The van der Waals surface area contributed by atoms with Crippen LogP contribution in [0.1, 0.15) is 101 Å². The van der Waals surface area contributed by atoms with Gasteiger partial charge in [-0.15, -0.1) is 0 Å². The average Bonchev–Trinajstić information content (AvgIpc) is 3.58. The Morgan fingerprint density at radius 1 is 1.12 bits per heavy atom. The highest BCUT2D eigenvalue weighted by Crippen LogP contribution is 2.43. The standard InChI is InChI=1S/C21H25F2N7O2.C5H12O.C3H6/c1-13(2)30-17(3-4-26-30)20(32)25-11-16-12-29-18(28-16)5-15(10-27-29)9-24-19(31)6-14-7-21(22,23)8-14;1-5(2,3)6-4;1-2-3-1/h3-5,10,12-14H,6-9,11H2,1-2H3,(H,24,31)(H,25,32);1-4H3;1-3H2. The number of methoxy groups -OCH3 is 1. The molecule has 2 fully saturated rings. The largest absolute Gasteiger partial charge is 0.379 e. The molecule has 3 aromatic rings. The number of nitrogens with one attached hydrogen (secondary N) is 2. The van der Waals surface area contributed by atoms with Gasteiger partial charge in [0.2, 0.25) is 11.8 Å². The van der Waals surface area contributed by atoms with Crippen molar-refractivity contribution in [2.75, 3.05) is 7.11 Å². The smallest absolute Gasteiger partial charge is 0.269 e. The van der Waals surface area contributed by atoms with Gasteiger partial charge < -0.3 is 15.4 Å². The average molecular weight is 576 g/mol. The van der Waals surface area contributed by atoms with Gasteiger partial charge >= 0.3 is 0 Å². The van der Waals surface area contributed by atoms with Crippen LogP contribution in [0.2, 0.25) is 0 Å². The number of carbonyl (C=O) groups is 2. The molecule has 12 heteroatoms. The topological polar surface area (TPSA) is 115 Å². The Bertz CT molecular complexity index is 1280. The predicted molar refractivity (Wildman–Crippen MR) is 152 cm³/mol. The maximum absolute atomic E-state index is 12.9. The Labute approximate surface area is 240 Å². The lowest BCUT2D eigenvalue weighted by Crippen LogP contribution is -2.38. The first-order valence-corrected chi connectivity index (χ1v) is 14.1. The van der Waals surface area contributed by atoms with E-state index in [1.165, 1.54) is 19.3 Å². The second-order valence-electron chi connectivity index (χ2n) is 11.8. The fourth-order valence-electron chi connectivity index (χ4n) is 3.78. The van der Waals surface area contributed by atoms with Crippen molar-refractivity contribution in [2.45, 2.75) is 104 Å². The molecular weight excluding hydrogens is 532 g/mol. The number of alkyl halides is 2. The van der Waals surface area contributed by atoms with E-state index in [1.807, 2.05) is 34.6 Å². The van der Waals surface area contributed by atoms with E-state index in [0.29, 0.717) is 17.0 Å². The Morgan fingerprint density at radius 3 is 2.34 bits per heavy atom. The third-order valence-electron chi connectivity index (χ3n) is 6.35. The minimum Gasteiger partial charge on any atom is -0.379 e. The van der Waals surface area contributed by atoms with Crippen LogP contribution >= 0.6 is 0 Å². The van der Waals surface area contributed by atoms with E-state index in [0.717, 1.165) is 5.56 Å². The SMILES string of the molecule is C1CC1.CC(C)n1nccc1C(=O)NCc1cn2ncc(CNC(=O)CC3CC(F)(F)C3)cc2n1.COC(C)(C)C. The molecule has 2 aliphatic carbocycles. The van der Waals surface area contributed by atoms with Crippen LogP contribution in [0.4, 0.5) is 8.78 Å². The normalized spacial score (nSPS) is 15.7. The van der Waals surface area contributed by atoms with Crippen molar-refractivity contribution in [2.24, 2.45) is 5.92 Å². The maximum Gasteiger partial charge on any atom is 0.269 e. The van der Waals surface area contributed by atoms with Crippen molar-refractivity contribution in [1.82, 2.24) is 35.0 Å². The number of hydrogen-bond acceptors (Lipinski definition) is 6. The summed E-state index contributed by atoms with van der Waals surface area (Å²) in [6, 6.07) is 3.51. The summed E-state index contributed by atoms with van der Waals surface area (Å²) >= 11 is 0. The van der Waals surface area contributed by atoms with E-state index in [9.17, 15) is 18.4 Å². The molecule has 3 heterocycles. The zero-order chi connectivity index (χ0) is 30.2. The van der Waals surface area contributed by atoms with Gasteiger partial charge in [-0.3, -0.25) is 14.3 Å². The number of imidazole rings is 1. The molecule has 0 saturated heterocycles. The number of aromatic nitrogens is 5. The number of rotatable bonds is 8. The molecule has 0 unspecified atom stereocenters. The molecule has 2 amide bonds. The van der Waals surface area contributed by atoms with Crippen LogP contribution in [0.3, 0.4) is 0 Å². The van der Waals surface area contributed by atoms with Crippen LogP contribution in [0.15, 0.2) is 30.7 Å². The molecule has 0 aromatic carbocycles. The van der Waals surface area contributed by atoms with E-state index in [4.69, 9.17) is 4.74 Å². The lowest BCUT2D eigenvalue weighted by Gasteiger charge is -2.34. The van der Waals surface area contributed by atoms with Crippen LogP contribution in [-0.4, -0.2) is 54.8 Å². The second kappa shape index (κ2) is 14.0. The molecule has 226 valence electrons. The number of amides is 2. The molecular formula is C29H43F2N7O3. The van der Waals surface area contributed by atoms with E-state index < -0.39 is 5.92 Å². The maximum atomic E-state index is 12.9. The highest BCUT2D eigenvalue weighted by atomic mass is 19.3. The van der Waals surface area contributed by atoms with Gasteiger partial charge in [-0.25, -0.2) is 18.3 Å². The number of ether oxygens (including phenoxy) is 1. The number of halogens is 2. The van der Waals surface area contributed by atoms with E-state index >= 15 is 0 Å². The summed E-state index contributed by atoms with van der Waals surface area (Å²) in [4.78, 5) is 28.9. The Kier molecular flexibility index (Phi) is 10.9. The predicted octanol–water partition coefficient (Wildman–Crippen LogP) is 5.09. The summed E-state index contributed by atoms with van der Waals surface area (Å²) < 4.78 is 33.9. The van der Waals surface area contributed by atoms with Gasteiger partial charge in [0.1, 0.15) is 5.69 Å². The van der Waals surface area contributed by atoms with Gasteiger partial charge in [0.15, 0.2) is 5.65 Å². The number of carbonyl (C=O) groups excluding carboxylic acids is 2. The van der Waals surface area contributed by atoms with Crippen LogP contribution in [0.5, 0.6) is 0 Å². The van der Waals surface area contributed by atoms with Gasteiger partial charge in [-0.1, -0.05) is 19.3 Å². The molecule has 3 aromatic heterocycles. The van der Waals surface area contributed by atoms with Crippen molar-refractivity contribution < 1.29 is 23.1 Å². The summed E-state index contributed by atoms with van der Waals surface area (Å²) in [6.07, 6.45) is 9.08. The minimum absolute atomic E-state index is 0.0417. The summed E-state index contributed by atoms with van der Waals surface area (Å²) in [5.41, 5.74) is 2.47. The molecule has 2 aliphatic rings. The molecule has 0 spiro atoms. The van der Waals surface area contributed by atoms with Gasteiger partial charge in [0.05, 0.1) is 30.2 Å². The second-order valence-corrected chi connectivity index (χ2v) is 11.8. The lowest BCUT2D eigenvalue weighted by molar-refractivity contribution is -0.133. The molecule has 41 heavy (non-hydrogen) atoms. The summed E-state index contributed by atoms with van der Waals surface area (Å²) in [7, 11) is 1.71. The zero-order valence-electron chi connectivity index (χ0n) is 24.9. The highest BCUT2D eigenvalue weighted by molar-refractivity contribution is 5.92. The first kappa shape index (κ1) is 32.1. The first-order valence-electron chi connectivity index (χ1n) is 14.1. The Hall–Kier alpha value is -3.41. The quantitative estimate of drug-likeness (QED) is 0.387. The number of hydrogen-bond donors (Lipinski definition) is 2. The van der Waals surface area contributed by atoms with Crippen molar-refractivity contribution >= 4 is 17.5 Å². The summed E-state index contributed by atoms with van der Waals surface area (Å²) in [5.74, 6) is -3.37. The highest BCUT2D eigenvalue weighted by Gasteiger charge is 2.45. The molecule has 0 atom stereocenters. The van der Waals surface area contributed by atoms with Gasteiger partial charge in [0.25, 0.3) is 5.91 Å². The van der Waals surface area contributed by atoms with E-state index in [-0.39, 0.29) is 61.7 Å². The molecule has 0 aliphatic heterocycles. The molecule has 0 radical (unpaired) electrons. The Balaban J connectivity index is 0.000000442. The van der Waals surface area contributed by atoms with E-state index in [2.05, 4.69) is 25.8 Å². The van der Waals surface area contributed by atoms with Gasteiger partial charge in [-0.05, 0) is 58.2 Å². The molecule has 0 bridgehead atoms. The fraction of sp³-hybridized carbons (Fsp3) is 0.621.